The third kappa shape index (κ3) is 1.96. The largest absolute Gasteiger partial charge is 0.329 e. The molecule has 1 heterocycles. The van der Waals surface area contributed by atoms with Crippen LogP contribution in [0.25, 0.3) is 0 Å². The zero-order valence-corrected chi connectivity index (χ0v) is 6.77. The third-order valence-corrected chi connectivity index (χ3v) is 2.29. The molecule has 2 unspecified atom stereocenters. The molecule has 1 fully saturated rings. The Morgan fingerprint density at radius 2 is 2.40 bits per heavy atom. The maximum atomic E-state index is 5.53. The molecule has 2 nitrogen and oxygen atoms in total. The van der Waals surface area contributed by atoms with Crippen molar-refractivity contribution in [1.82, 2.24) is 5.32 Å². The number of hydrogen-bond donors (Lipinski definition) is 2. The summed E-state index contributed by atoms with van der Waals surface area (Å²) in [5.41, 5.74) is 5.53. The molecule has 0 saturated carbocycles. The summed E-state index contributed by atoms with van der Waals surface area (Å²) in [4.78, 5) is 0. The van der Waals surface area contributed by atoms with E-state index in [1.807, 2.05) is 0 Å². The molecule has 0 aromatic carbocycles. The predicted molar refractivity (Wildman–Crippen MR) is 43.9 cm³/mol. The molecular formula is C8H18N2. The van der Waals surface area contributed by atoms with Crippen molar-refractivity contribution in [3.63, 3.8) is 0 Å². The highest BCUT2D eigenvalue weighted by molar-refractivity contribution is 4.81. The Kier molecular flexibility index (Phi) is 3.16. The lowest BCUT2D eigenvalue weighted by molar-refractivity contribution is 0.509. The second kappa shape index (κ2) is 3.94. The van der Waals surface area contributed by atoms with Crippen molar-refractivity contribution in [1.29, 1.82) is 0 Å². The van der Waals surface area contributed by atoms with E-state index in [0.717, 1.165) is 12.5 Å². The maximum Gasteiger partial charge on any atom is 0.0193 e. The van der Waals surface area contributed by atoms with Crippen molar-refractivity contribution in [2.75, 3.05) is 13.1 Å². The van der Waals surface area contributed by atoms with E-state index in [1.54, 1.807) is 0 Å². The van der Waals surface area contributed by atoms with E-state index in [1.165, 1.54) is 25.8 Å². The van der Waals surface area contributed by atoms with Crippen molar-refractivity contribution in [3.8, 4) is 0 Å². The van der Waals surface area contributed by atoms with Crippen LogP contribution in [-0.4, -0.2) is 19.1 Å². The summed E-state index contributed by atoms with van der Waals surface area (Å²) in [6.07, 6.45) is 3.97. The lowest BCUT2D eigenvalue weighted by Gasteiger charge is -2.05. The third-order valence-electron chi connectivity index (χ3n) is 2.29. The Morgan fingerprint density at radius 1 is 1.60 bits per heavy atom. The molecule has 60 valence electrons. The Balaban J connectivity index is 2.15. The van der Waals surface area contributed by atoms with Gasteiger partial charge in [0.25, 0.3) is 0 Å². The Hall–Kier alpha value is -0.0800. The van der Waals surface area contributed by atoms with Gasteiger partial charge in [0, 0.05) is 12.6 Å². The number of nitrogens with two attached hydrogens (primary N) is 1. The van der Waals surface area contributed by atoms with Crippen LogP contribution < -0.4 is 11.1 Å². The molecule has 1 aliphatic rings. The van der Waals surface area contributed by atoms with Crippen LogP contribution in [0.5, 0.6) is 0 Å². The van der Waals surface area contributed by atoms with Crippen LogP contribution in [0.3, 0.4) is 0 Å². The summed E-state index contributed by atoms with van der Waals surface area (Å²) in [6, 6.07) is 0.608. The fourth-order valence-electron chi connectivity index (χ4n) is 1.71. The molecule has 2 heteroatoms. The Bertz CT molecular complexity index is 93.3. The van der Waals surface area contributed by atoms with Crippen LogP contribution in [0.2, 0.25) is 0 Å². The second-order valence-electron chi connectivity index (χ2n) is 3.23. The zero-order chi connectivity index (χ0) is 7.40. The highest BCUT2D eigenvalue weighted by Crippen LogP contribution is 2.17. The minimum Gasteiger partial charge on any atom is -0.329 e. The molecule has 0 radical (unpaired) electrons. The monoisotopic (exact) mass is 142 g/mol. The lowest BCUT2D eigenvalue weighted by Crippen LogP contribution is -2.29. The minimum absolute atomic E-state index is 0.608. The topological polar surface area (TPSA) is 38.0 Å². The first kappa shape index (κ1) is 8.02. The summed E-state index contributed by atoms with van der Waals surface area (Å²) in [7, 11) is 0. The SMILES string of the molecule is CCCC1CNC(CN)C1. The number of nitrogens with one attached hydrogen (secondary N) is 1. The van der Waals surface area contributed by atoms with Crippen molar-refractivity contribution in [2.45, 2.75) is 32.2 Å². The van der Waals surface area contributed by atoms with E-state index in [4.69, 9.17) is 5.73 Å². The van der Waals surface area contributed by atoms with E-state index < -0.39 is 0 Å². The molecule has 3 N–H and O–H groups in total. The van der Waals surface area contributed by atoms with Crippen LogP contribution in [0.1, 0.15) is 26.2 Å². The average Bonchev–Trinajstić information content (AvgIpc) is 2.37. The van der Waals surface area contributed by atoms with E-state index >= 15 is 0 Å². The maximum absolute atomic E-state index is 5.53. The van der Waals surface area contributed by atoms with Crippen LogP contribution in [0.4, 0.5) is 0 Å². The number of hydrogen-bond acceptors (Lipinski definition) is 2. The first-order chi connectivity index (χ1) is 4.86. The minimum atomic E-state index is 0.608. The highest BCUT2D eigenvalue weighted by atomic mass is 15.0. The van der Waals surface area contributed by atoms with Gasteiger partial charge in [0.05, 0.1) is 0 Å². The molecule has 1 rings (SSSR count). The van der Waals surface area contributed by atoms with Gasteiger partial charge in [-0.15, -0.1) is 0 Å². The first-order valence-electron chi connectivity index (χ1n) is 4.30. The smallest absolute Gasteiger partial charge is 0.0193 e. The molecule has 1 saturated heterocycles. The van der Waals surface area contributed by atoms with Crippen molar-refractivity contribution in [3.05, 3.63) is 0 Å². The summed E-state index contributed by atoms with van der Waals surface area (Å²) in [5, 5.41) is 3.42. The fourth-order valence-corrected chi connectivity index (χ4v) is 1.71. The molecule has 0 aromatic rings. The van der Waals surface area contributed by atoms with Crippen LogP contribution in [0.15, 0.2) is 0 Å². The molecule has 0 aliphatic carbocycles. The van der Waals surface area contributed by atoms with Crippen LogP contribution >= 0.6 is 0 Å². The van der Waals surface area contributed by atoms with Gasteiger partial charge in [0.1, 0.15) is 0 Å². The molecule has 2 atom stereocenters. The fraction of sp³-hybridized carbons (Fsp3) is 1.00. The highest BCUT2D eigenvalue weighted by Gasteiger charge is 2.21. The second-order valence-corrected chi connectivity index (χ2v) is 3.23. The summed E-state index contributed by atoms with van der Waals surface area (Å²) >= 11 is 0. The van der Waals surface area contributed by atoms with E-state index in [0.29, 0.717) is 6.04 Å². The van der Waals surface area contributed by atoms with Gasteiger partial charge in [-0.1, -0.05) is 13.3 Å². The van der Waals surface area contributed by atoms with Gasteiger partial charge in [-0.3, -0.25) is 0 Å². The zero-order valence-electron chi connectivity index (χ0n) is 6.77. The van der Waals surface area contributed by atoms with Crippen molar-refractivity contribution in [2.24, 2.45) is 11.7 Å². The Labute approximate surface area is 63.2 Å². The van der Waals surface area contributed by atoms with Gasteiger partial charge in [-0.25, -0.2) is 0 Å². The molecule has 1 aliphatic heterocycles. The van der Waals surface area contributed by atoms with Gasteiger partial charge in [0.2, 0.25) is 0 Å². The molecule has 0 amide bonds. The van der Waals surface area contributed by atoms with Gasteiger partial charge in [-0.2, -0.15) is 0 Å². The predicted octanol–water partition coefficient (Wildman–Crippen LogP) is 0.723. The quantitative estimate of drug-likeness (QED) is 0.609. The standard InChI is InChI=1S/C8H18N2/c1-2-3-7-4-8(5-9)10-6-7/h7-8,10H,2-6,9H2,1H3. The lowest BCUT2D eigenvalue weighted by atomic mass is 10.0. The molecule has 0 aromatic heterocycles. The van der Waals surface area contributed by atoms with E-state index in [2.05, 4.69) is 12.2 Å². The van der Waals surface area contributed by atoms with E-state index in [9.17, 15) is 0 Å². The summed E-state index contributed by atoms with van der Waals surface area (Å²) < 4.78 is 0. The van der Waals surface area contributed by atoms with Crippen molar-refractivity contribution < 1.29 is 0 Å². The number of rotatable bonds is 3. The van der Waals surface area contributed by atoms with Crippen molar-refractivity contribution >= 4 is 0 Å². The Morgan fingerprint density at radius 3 is 2.90 bits per heavy atom. The summed E-state index contributed by atoms with van der Waals surface area (Å²) in [5.74, 6) is 0.901. The molecule has 0 bridgehead atoms. The first-order valence-corrected chi connectivity index (χ1v) is 4.30. The molecule has 10 heavy (non-hydrogen) atoms. The van der Waals surface area contributed by atoms with Crippen LogP contribution in [-0.2, 0) is 0 Å². The summed E-state index contributed by atoms with van der Waals surface area (Å²) in [6.45, 7) is 4.24. The van der Waals surface area contributed by atoms with Crippen LogP contribution in [0, 0.1) is 5.92 Å². The van der Waals surface area contributed by atoms with Gasteiger partial charge in [-0.05, 0) is 25.3 Å². The average molecular weight is 142 g/mol. The normalized spacial score (nSPS) is 33.0. The molecule has 0 spiro atoms. The van der Waals surface area contributed by atoms with Gasteiger partial charge >= 0.3 is 0 Å². The molecular weight excluding hydrogens is 124 g/mol. The van der Waals surface area contributed by atoms with E-state index in [-0.39, 0.29) is 0 Å². The van der Waals surface area contributed by atoms with Gasteiger partial charge in [0.15, 0.2) is 0 Å². The van der Waals surface area contributed by atoms with Gasteiger partial charge < -0.3 is 11.1 Å².